The molecule has 1 heterocycles. The highest BCUT2D eigenvalue weighted by atomic mass is 16.4. The molecule has 0 aliphatic rings. The number of hydrogen-bond donors (Lipinski definition) is 2. The second kappa shape index (κ2) is 5.69. The summed E-state index contributed by atoms with van der Waals surface area (Å²) in [6, 6.07) is 1.64. The van der Waals surface area contributed by atoms with E-state index in [2.05, 4.69) is 4.98 Å². The molecule has 1 aromatic heterocycles. The average molecular weight is 265 g/mol. The molecule has 0 saturated carbocycles. The zero-order chi connectivity index (χ0) is 14.7. The van der Waals surface area contributed by atoms with Gasteiger partial charge in [-0.2, -0.15) is 0 Å². The fourth-order valence-electron chi connectivity index (χ4n) is 1.98. The molecule has 6 heteroatoms. The third-order valence-electron chi connectivity index (χ3n) is 2.77. The number of carboxylic acid groups (broad SMARTS) is 1. The monoisotopic (exact) mass is 265 g/mol. The van der Waals surface area contributed by atoms with Gasteiger partial charge in [0.15, 0.2) is 0 Å². The average Bonchev–Trinajstić information content (AvgIpc) is 2.23. The fourth-order valence-corrected chi connectivity index (χ4v) is 1.98. The van der Waals surface area contributed by atoms with Crippen LogP contribution in [0.5, 0.6) is 0 Å². The highest BCUT2D eigenvalue weighted by Gasteiger charge is 2.23. The van der Waals surface area contributed by atoms with E-state index in [-0.39, 0.29) is 18.2 Å². The van der Waals surface area contributed by atoms with E-state index in [1.165, 1.54) is 0 Å². The van der Waals surface area contributed by atoms with Crippen molar-refractivity contribution in [1.29, 1.82) is 0 Å². The van der Waals surface area contributed by atoms with Crippen LogP contribution in [-0.4, -0.2) is 34.6 Å². The molecule has 3 N–H and O–H groups in total. The van der Waals surface area contributed by atoms with Crippen molar-refractivity contribution in [3.05, 3.63) is 22.9 Å². The first-order chi connectivity index (χ1) is 8.73. The molecule has 0 radical (unpaired) electrons. The van der Waals surface area contributed by atoms with Gasteiger partial charge in [-0.15, -0.1) is 0 Å². The lowest BCUT2D eigenvalue weighted by Crippen LogP contribution is -2.38. The summed E-state index contributed by atoms with van der Waals surface area (Å²) >= 11 is 0. The van der Waals surface area contributed by atoms with Crippen molar-refractivity contribution in [3.63, 3.8) is 0 Å². The highest BCUT2D eigenvalue weighted by Crippen LogP contribution is 2.23. The zero-order valence-electron chi connectivity index (χ0n) is 11.6. The molecule has 1 rings (SSSR count). The van der Waals surface area contributed by atoms with Gasteiger partial charge in [0.2, 0.25) is 0 Å². The van der Waals surface area contributed by atoms with Crippen molar-refractivity contribution < 1.29 is 14.7 Å². The van der Waals surface area contributed by atoms with E-state index in [9.17, 15) is 9.59 Å². The lowest BCUT2D eigenvalue weighted by molar-refractivity contribution is -0.135. The Bertz CT molecular complexity index is 512. The SMILES string of the molecule is Cc1cc(C)c(C(N)=O)c(N(CC(=O)O)C(C)C)n1. The number of carbonyl (C=O) groups is 2. The molecule has 0 fully saturated rings. The van der Waals surface area contributed by atoms with Gasteiger partial charge in [0.25, 0.3) is 5.91 Å². The van der Waals surface area contributed by atoms with Crippen molar-refractivity contribution in [1.82, 2.24) is 4.98 Å². The zero-order valence-corrected chi connectivity index (χ0v) is 11.6. The number of anilines is 1. The van der Waals surface area contributed by atoms with Crippen LogP contribution in [0.3, 0.4) is 0 Å². The lowest BCUT2D eigenvalue weighted by atomic mass is 10.1. The number of aliphatic carboxylic acids is 1. The van der Waals surface area contributed by atoms with E-state index in [4.69, 9.17) is 10.8 Å². The quantitative estimate of drug-likeness (QED) is 0.831. The van der Waals surface area contributed by atoms with Crippen LogP contribution in [0.25, 0.3) is 0 Å². The van der Waals surface area contributed by atoms with Gasteiger partial charge in [-0.1, -0.05) is 0 Å². The molecule has 19 heavy (non-hydrogen) atoms. The standard InChI is InChI=1S/C13H19N3O3/c1-7(2)16(6-10(17)18)13-11(12(14)19)8(3)5-9(4)15-13/h5,7H,6H2,1-4H3,(H2,14,19)(H,17,18). The number of carboxylic acids is 1. The summed E-state index contributed by atoms with van der Waals surface area (Å²) in [6.45, 7) is 7.01. The van der Waals surface area contributed by atoms with E-state index in [0.29, 0.717) is 17.1 Å². The van der Waals surface area contributed by atoms with Crippen molar-refractivity contribution in [2.75, 3.05) is 11.4 Å². The number of nitrogens with zero attached hydrogens (tertiary/aromatic N) is 2. The Balaban J connectivity index is 3.43. The summed E-state index contributed by atoms with van der Waals surface area (Å²) < 4.78 is 0. The van der Waals surface area contributed by atoms with Crippen LogP contribution in [0.1, 0.15) is 35.5 Å². The topological polar surface area (TPSA) is 96.5 Å². The number of hydrogen-bond acceptors (Lipinski definition) is 4. The van der Waals surface area contributed by atoms with Crippen LogP contribution in [0.4, 0.5) is 5.82 Å². The maximum absolute atomic E-state index is 11.6. The Morgan fingerprint density at radius 3 is 2.42 bits per heavy atom. The first-order valence-corrected chi connectivity index (χ1v) is 6.00. The Labute approximate surface area is 112 Å². The molecule has 0 spiro atoms. The first kappa shape index (κ1) is 14.9. The van der Waals surface area contributed by atoms with Crippen LogP contribution < -0.4 is 10.6 Å². The Morgan fingerprint density at radius 2 is 2.00 bits per heavy atom. The van der Waals surface area contributed by atoms with Gasteiger partial charge in [-0.3, -0.25) is 9.59 Å². The van der Waals surface area contributed by atoms with Crippen molar-refractivity contribution in [2.24, 2.45) is 5.73 Å². The predicted molar refractivity (Wildman–Crippen MR) is 72.3 cm³/mol. The molecule has 1 amide bonds. The first-order valence-electron chi connectivity index (χ1n) is 6.00. The summed E-state index contributed by atoms with van der Waals surface area (Å²) in [5.74, 6) is -1.25. The van der Waals surface area contributed by atoms with E-state index in [1.54, 1.807) is 24.8 Å². The molecule has 0 aliphatic heterocycles. The van der Waals surface area contributed by atoms with Gasteiger partial charge in [0, 0.05) is 11.7 Å². The van der Waals surface area contributed by atoms with Gasteiger partial charge in [-0.25, -0.2) is 4.98 Å². The number of aryl methyl sites for hydroxylation is 2. The van der Waals surface area contributed by atoms with Crippen LogP contribution in [0.15, 0.2) is 6.07 Å². The van der Waals surface area contributed by atoms with Crippen LogP contribution in [0, 0.1) is 13.8 Å². The molecule has 0 aromatic carbocycles. The molecule has 0 atom stereocenters. The number of primary amides is 1. The molecule has 0 saturated heterocycles. The summed E-state index contributed by atoms with van der Waals surface area (Å²) in [6.07, 6.45) is 0. The van der Waals surface area contributed by atoms with E-state index >= 15 is 0 Å². The molecule has 104 valence electrons. The third kappa shape index (κ3) is 3.43. The van der Waals surface area contributed by atoms with Gasteiger partial charge < -0.3 is 15.7 Å². The molecule has 0 aliphatic carbocycles. The van der Waals surface area contributed by atoms with Crippen molar-refractivity contribution in [3.8, 4) is 0 Å². The third-order valence-corrected chi connectivity index (χ3v) is 2.77. The Morgan fingerprint density at radius 1 is 1.42 bits per heavy atom. The number of aromatic nitrogens is 1. The molecular formula is C13H19N3O3. The normalized spacial score (nSPS) is 10.6. The van der Waals surface area contributed by atoms with E-state index < -0.39 is 11.9 Å². The van der Waals surface area contributed by atoms with Crippen molar-refractivity contribution >= 4 is 17.7 Å². The van der Waals surface area contributed by atoms with Gasteiger partial charge in [0.1, 0.15) is 12.4 Å². The maximum atomic E-state index is 11.6. The van der Waals surface area contributed by atoms with Gasteiger partial charge in [-0.05, 0) is 39.3 Å². The predicted octanol–water partition coefficient (Wildman–Crippen LogP) is 1.10. The molecular weight excluding hydrogens is 246 g/mol. The summed E-state index contributed by atoms with van der Waals surface area (Å²) in [7, 11) is 0. The largest absolute Gasteiger partial charge is 0.480 e. The minimum atomic E-state index is -0.981. The molecule has 0 unspecified atom stereocenters. The van der Waals surface area contributed by atoms with Crippen LogP contribution in [0.2, 0.25) is 0 Å². The number of carbonyl (C=O) groups excluding carboxylic acids is 1. The number of rotatable bonds is 5. The number of nitrogens with two attached hydrogens (primary N) is 1. The minimum absolute atomic E-state index is 0.108. The smallest absolute Gasteiger partial charge is 0.323 e. The maximum Gasteiger partial charge on any atom is 0.323 e. The highest BCUT2D eigenvalue weighted by molar-refractivity contribution is 5.99. The minimum Gasteiger partial charge on any atom is -0.480 e. The molecule has 0 bridgehead atoms. The summed E-state index contributed by atoms with van der Waals surface area (Å²) in [5.41, 5.74) is 7.08. The van der Waals surface area contributed by atoms with E-state index in [0.717, 1.165) is 0 Å². The molecule has 6 nitrogen and oxygen atoms in total. The van der Waals surface area contributed by atoms with Crippen molar-refractivity contribution in [2.45, 2.75) is 33.7 Å². The molecule has 1 aromatic rings. The second-order valence-corrected chi connectivity index (χ2v) is 4.76. The fraction of sp³-hybridized carbons (Fsp3) is 0.462. The lowest BCUT2D eigenvalue weighted by Gasteiger charge is -2.28. The van der Waals surface area contributed by atoms with Crippen LogP contribution >= 0.6 is 0 Å². The number of pyridine rings is 1. The van der Waals surface area contributed by atoms with Gasteiger partial charge in [0.05, 0.1) is 5.56 Å². The summed E-state index contributed by atoms with van der Waals surface area (Å²) in [5, 5.41) is 8.98. The Hall–Kier alpha value is -2.11. The number of amides is 1. The summed E-state index contributed by atoms with van der Waals surface area (Å²) in [4.78, 5) is 28.4. The van der Waals surface area contributed by atoms with Gasteiger partial charge >= 0.3 is 5.97 Å². The van der Waals surface area contributed by atoms with Crippen LogP contribution in [-0.2, 0) is 4.79 Å². The van der Waals surface area contributed by atoms with E-state index in [1.807, 2.05) is 13.8 Å². The Kier molecular flexibility index (Phi) is 4.47. The second-order valence-electron chi connectivity index (χ2n) is 4.76.